The second-order valence-electron chi connectivity index (χ2n) is 5.11. The van der Waals surface area contributed by atoms with E-state index < -0.39 is 0 Å². The summed E-state index contributed by atoms with van der Waals surface area (Å²) in [6.07, 6.45) is 0. The summed E-state index contributed by atoms with van der Waals surface area (Å²) in [5, 5.41) is 3.50. The van der Waals surface area contributed by atoms with Crippen molar-refractivity contribution >= 4 is 51.7 Å². The summed E-state index contributed by atoms with van der Waals surface area (Å²) in [6, 6.07) is 12.6. The average Bonchev–Trinajstić information content (AvgIpc) is 2.48. The standard InChI is InChI=1S/C17H16ClIN2O2/c1-11(22)21(2)10-12-5-3-4-6-16(12)20-17(23)14-8-7-13(18)9-15(14)19/h3-9H,10H2,1-2H3,(H,20,23). The molecule has 0 atom stereocenters. The van der Waals surface area contributed by atoms with Gasteiger partial charge in [0.05, 0.1) is 5.56 Å². The third-order valence-corrected chi connectivity index (χ3v) is 4.51. The molecule has 0 aliphatic rings. The van der Waals surface area contributed by atoms with E-state index in [0.717, 1.165) is 9.13 Å². The van der Waals surface area contributed by atoms with E-state index in [1.807, 2.05) is 24.3 Å². The van der Waals surface area contributed by atoms with Crippen LogP contribution in [-0.4, -0.2) is 23.8 Å². The van der Waals surface area contributed by atoms with Crippen LogP contribution in [0.4, 0.5) is 5.69 Å². The number of nitrogens with one attached hydrogen (secondary N) is 1. The minimum absolute atomic E-state index is 0.0293. The molecule has 0 spiro atoms. The number of carbonyl (C=O) groups excluding carboxylic acids is 2. The molecule has 0 bridgehead atoms. The summed E-state index contributed by atoms with van der Waals surface area (Å²) in [6.45, 7) is 1.95. The van der Waals surface area contributed by atoms with Crippen LogP contribution in [0.2, 0.25) is 5.02 Å². The van der Waals surface area contributed by atoms with Crippen LogP contribution in [0.25, 0.3) is 0 Å². The van der Waals surface area contributed by atoms with Gasteiger partial charge in [-0.3, -0.25) is 9.59 Å². The van der Waals surface area contributed by atoms with Crippen LogP contribution >= 0.6 is 34.2 Å². The lowest BCUT2D eigenvalue weighted by atomic mass is 10.1. The molecule has 0 saturated heterocycles. The number of rotatable bonds is 4. The van der Waals surface area contributed by atoms with Gasteiger partial charge in [-0.1, -0.05) is 29.8 Å². The van der Waals surface area contributed by atoms with E-state index in [2.05, 4.69) is 27.9 Å². The van der Waals surface area contributed by atoms with E-state index in [1.165, 1.54) is 6.92 Å². The fourth-order valence-electron chi connectivity index (χ4n) is 2.01. The van der Waals surface area contributed by atoms with Gasteiger partial charge >= 0.3 is 0 Å². The fourth-order valence-corrected chi connectivity index (χ4v) is 3.13. The van der Waals surface area contributed by atoms with Crippen LogP contribution in [0.3, 0.4) is 0 Å². The van der Waals surface area contributed by atoms with E-state index in [1.54, 1.807) is 30.1 Å². The Labute approximate surface area is 154 Å². The highest BCUT2D eigenvalue weighted by Crippen LogP contribution is 2.21. The molecule has 120 valence electrons. The largest absolute Gasteiger partial charge is 0.342 e. The zero-order valence-corrected chi connectivity index (χ0v) is 15.7. The van der Waals surface area contributed by atoms with Gasteiger partial charge in [-0.15, -0.1) is 0 Å². The molecule has 2 rings (SSSR count). The maximum Gasteiger partial charge on any atom is 0.256 e. The number of amides is 2. The highest BCUT2D eigenvalue weighted by molar-refractivity contribution is 14.1. The number of para-hydroxylation sites is 1. The minimum Gasteiger partial charge on any atom is -0.342 e. The smallest absolute Gasteiger partial charge is 0.256 e. The number of halogens is 2. The van der Waals surface area contributed by atoms with Gasteiger partial charge in [0, 0.05) is 34.8 Å². The summed E-state index contributed by atoms with van der Waals surface area (Å²) in [5.41, 5.74) is 2.13. The Morgan fingerprint density at radius 2 is 1.91 bits per heavy atom. The Kier molecular flexibility index (Phi) is 6.01. The summed E-state index contributed by atoms with van der Waals surface area (Å²) in [5.74, 6) is -0.234. The second-order valence-corrected chi connectivity index (χ2v) is 6.71. The monoisotopic (exact) mass is 442 g/mol. The van der Waals surface area contributed by atoms with Crippen molar-refractivity contribution in [3.05, 3.63) is 62.2 Å². The van der Waals surface area contributed by atoms with Crippen molar-refractivity contribution in [2.45, 2.75) is 13.5 Å². The number of nitrogens with zero attached hydrogens (tertiary/aromatic N) is 1. The number of anilines is 1. The molecule has 23 heavy (non-hydrogen) atoms. The van der Waals surface area contributed by atoms with Gasteiger partial charge in [-0.2, -0.15) is 0 Å². The number of hydrogen-bond donors (Lipinski definition) is 1. The van der Waals surface area contributed by atoms with Crippen molar-refractivity contribution in [1.29, 1.82) is 0 Å². The Hall–Kier alpha value is -1.60. The van der Waals surface area contributed by atoms with Crippen LogP contribution in [0, 0.1) is 3.57 Å². The molecule has 0 aliphatic heterocycles. The van der Waals surface area contributed by atoms with Gasteiger partial charge < -0.3 is 10.2 Å². The zero-order valence-electron chi connectivity index (χ0n) is 12.8. The van der Waals surface area contributed by atoms with E-state index >= 15 is 0 Å². The van der Waals surface area contributed by atoms with Gasteiger partial charge in [0.15, 0.2) is 0 Å². The lowest BCUT2D eigenvalue weighted by molar-refractivity contribution is -0.128. The molecule has 1 N–H and O–H groups in total. The molecule has 0 aromatic heterocycles. The van der Waals surface area contributed by atoms with Crippen LogP contribution in [0.15, 0.2) is 42.5 Å². The molecular weight excluding hydrogens is 427 g/mol. The van der Waals surface area contributed by atoms with Crippen molar-refractivity contribution in [2.24, 2.45) is 0 Å². The second kappa shape index (κ2) is 7.79. The van der Waals surface area contributed by atoms with E-state index in [-0.39, 0.29) is 11.8 Å². The highest BCUT2D eigenvalue weighted by atomic mass is 127. The maximum absolute atomic E-state index is 12.5. The van der Waals surface area contributed by atoms with E-state index in [4.69, 9.17) is 11.6 Å². The Morgan fingerprint density at radius 3 is 2.57 bits per heavy atom. The third-order valence-electron chi connectivity index (χ3n) is 3.39. The molecule has 0 heterocycles. The lowest BCUT2D eigenvalue weighted by Gasteiger charge is -2.18. The summed E-state index contributed by atoms with van der Waals surface area (Å²) < 4.78 is 0.783. The van der Waals surface area contributed by atoms with Crippen molar-refractivity contribution in [2.75, 3.05) is 12.4 Å². The van der Waals surface area contributed by atoms with Crippen LogP contribution in [-0.2, 0) is 11.3 Å². The topological polar surface area (TPSA) is 49.4 Å². The molecule has 2 aromatic carbocycles. The quantitative estimate of drug-likeness (QED) is 0.723. The normalized spacial score (nSPS) is 10.3. The van der Waals surface area contributed by atoms with Crippen molar-refractivity contribution in [3.63, 3.8) is 0 Å². The number of benzene rings is 2. The zero-order chi connectivity index (χ0) is 17.0. The molecule has 4 nitrogen and oxygen atoms in total. The molecule has 2 amide bonds. The van der Waals surface area contributed by atoms with E-state index in [9.17, 15) is 9.59 Å². The van der Waals surface area contributed by atoms with Crippen molar-refractivity contribution in [1.82, 2.24) is 4.90 Å². The number of hydrogen-bond acceptors (Lipinski definition) is 2. The van der Waals surface area contributed by atoms with Gasteiger partial charge in [0.25, 0.3) is 5.91 Å². The van der Waals surface area contributed by atoms with Crippen LogP contribution in [0.5, 0.6) is 0 Å². The Balaban J connectivity index is 2.22. The summed E-state index contributed by atoms with van der Waals surface area (Å²) in [4.78, 5) is 25.5. The molecule has 0 fully saturated rings. The maximum atomic E-state index is 12.5. The van der Waals surface area contributed by atoms with Gasteiger partial charge in [0.1, 0.15) is 0 Å². The molecule has 0 radical (unpaired) electrons. The predicted molar refractivity (Wildman–Crippen MR) is 101 cm³/mol. The Bertz CT molecular complexity index is 749. The first-order chi connectivity index (χ1) is 10.9. The molecular formula is C17H16ClIN2O2. The summed E-state index contributed by atoms with van der Waals surface area (Å²) in [7, 11) is 1.73. The predicted octanol–water partition coefficient (Wildman–Crippen LogP) is 4.18. The molecule has 0 saturated carbocycles. The van der Waals surface area contributed by atoms with E-state index in [0.29, 0.717) is 22.8 Å². The van der Waals surface area contributed by atoms with Crippen LogP contribution < -0.4 is 5.32 Å². The third kappa shape index (κ3) is 4.68. The minimum atomic E-state index is -0.205. The van der Waals surface area contributed by atoms with Crippen LogP contribution in [0.1, 0.15) is 22.8 Å². The van der Waals surface area contributed by atoms with Gasteiger partial charge in [-0.25, -0.2) is 0 Å². The van der Waals surface area contributed by atoms with Gasteiger partial charge in [0.2, 0.25) is 5.91 Å². The van der Waals surface area contributed by atoms with Crippen molar-refractivity contribution < 1.29 is 9.59 Å². The fraction of sp³-hybridized carbons (Fsp3) is 0.176. The first-order valence-corrected chi connectivity index (χ1v) is 8.40. The highest BCUT2D eigenvalue weighted by Gasteiger charge is 2.13. The molecule has 0 aliphatic carbocycles. The average molecular weight is 443 g/mol. The molecule has 0 unspecified atom stereocenters. The first kappa shape index (κ1) is 17.7. The molecule has 2 aromatic rings. The number of carbonyl (C=O) groups is 2. The Morgan fingerprint density at radius 1 is 1.22 bits per heavy atom. The lowest BCUT2D eigenvalue weighted by Crippen LogP contribution is -2.24. The van der Waals surface area contributed by atoms with Crippen molar-refractivity contribution in [3.8, 4) is 0 Å². The SMILES string of the molecule is CC(=O)N(C)Cc1ccccc1NC(=O)c1ccc(Cl)cc1I. The van der Waals surface area contributed by atoms with Gasteiger partial charge in [-0.05, 0) is 52.4 Å². The summed E-state index contributed by atoms with van der Waals surface area (Å²) >= 11 is 8.00. The molecule has 6 heteroatoms. The first-order valence-electron chi connectivity index (χ1n) is 6.94.